The predicted molar refractivity (Wildman–Crippen MR) is 208 cm³/mol. The van der Waals surface area contributed by atoms with Crippen LogP contribution in [0.5, 0.6) is 17.2 Å². The van der Waals surface area contributed by atoms with Crippen LogP contribution in [0.4, 0.5) is 5.69 Å². The second-order valence-corrected chi connectivity index (χ2v) is 14.0. The molecule has 1 saturated heterocycles. The van der Waals surface area contributed by atoms with Crippen LogP contribution >= 0.6 is 0 Å². The average molecular weight is 717 g/mol. The zero-order valence-corrected chi connectivity index (χ0v) is 31.2. The van der Waals surface area contributed by atoms with Gasteiger partial charge in [-0.3, -0.25) is 9.59 Å². The lowest BCUT2D eigenvalue weighted by atomic mass is 9.67. The maximum atomic E-state index is 11.0. The Morgan fingerprint density at radius 1 is 0.885 bits per heavy atom. The molecule has 2 aliphatic rings. The van der Waals surface area contributed by atoms with Gasteiger partial charge in [-0.15, -0.1) is 0 Å². The Hall–Kier alpha value is -4.12. The van der Waals surface area contributed by atoms with Crippen LogP contribution in [0.15, 0.2) is 60.7 Å². The van der Waals surface area contributed by atoms with Crippen LogP contribution in [-0.4, -0.2) is 94.4 Å². The Morgan fingerprint density at radius 3 is 2.37 bits per heavy atom. The van der Waals surface area contributed by atoms with Gasteiger partial charge in [-0.2, -0.15) is 0 Å². The van der Waals surface area contributed by atoms with Gasteiger partial charge >= 0.3 is 0 Å². The average Bonchev–Trinajstić information content (AvgIpc) is 4.00. The second-order valence-electron chi connectivity index (χ2n) is 14.0. The number of aldehydes is 1. The summed E-state index contributed by atoms with van der Waals surface area (Å²) in [5, 5.41) is 30.1. The van der Waals surface area contributed by atoms with E-state index in [2.05, 4.69) is 64.3 Å². The fourth-order valence-electron chi connectivity index (χ4n) is 6.98. The van der Waals surface area contributed by atoms with Gasteiger partial charge < -0.3 is 40.5 Å². The molecule has 0 spiro atoms. The molecule has 3 aromatic carbocycles. The fourth-order valence-corrected chi connectivity index (χ4v) is 6.98. The Labute approximate surface area is 310 Å². The molecular weight excluding hydrogens is 656 g/mol. The van der Waals surface area contributed by atoms with E-state index in [1.54, 1.807) is 13.1 Å². The number of likely N-dealkylation sites (tertiary alicyclic amines) is 1. The molecule has 1 heterocycles. The van der Waals surface area contributed by atoms with Crippen LogP contribution in [0, 0.1) is 5.92 Å². The third kappa shape index (κ3) is 12.5. The first-order valence-electron chi connectivity index (χ1n) is 19.0. The van der Waals surface area contributed by atoms with Crippen molar-refractivity contribution in [1.29, 1.82) is 0 Å². The molecule has 0 unspecified atom stereocenters. The number of nitrogens with one attached hydrogen (secondary N) is 3. The fraction of sp³-hybridized carbons (Fsp3) is 0.524. The first-order chi connectivity index (χ1) is 25.4. The number of rotatable bonds is 22. The molecule has 0 bridgehead atoms. The Kier molecular flexibility index (Phi) is 17.2. The summed E-state index contributed by atoms with van der Waals surface area (Å²) in [4.78, 5) is 22.9. The monoisotopic (exact) mass is 716 g/mol. The quantitative estimate of drug-likeness (QED) is 0.0496. The number of hydrogen-bond donors (Lipinski definition) is 5. The van der Waals surface area contributed by atoms with Gasteiger partial charge in [0.25, 0.3) is 0 Å². The van der Waals surface area contributed by atoms with E-state index in [0.717, 1.165) is 101 Å². The number of benzene rings is 3. The molecule has 2 fully saturated rings. The van der Waals surface area contributed by atoms with Crippen LogP contribution in [0.2, 0.25) is 0 Å². The summed E-state index contributed by atoms with van der Waals surface area (Å²) in [5.74, 6) is 1.99. The van der Waals surface area contributed by atoms with Crippen molar-refractivity contribution in [3.05, 3.63) is 82.9 Å². The number of unbranched alkanes of at least 4 members (excludes halogenated alkanes) is 1. The van der Waals surface area contributed by atoms with Crippen molar-refractivity contribution in [1.82, 2.24) is 15.5 Å². The summed E-state index contributed by atoms with van der Waals surface area (Å²) in [6.45, 7) is 5.80. The number of carbonyl (C=O) groups excluding carboxylic acids is 2. The van der Waals surface area contributed by atoms with Gasteiger partial charge in [-0.05, 0) is 119 Å². The lowest BCUT2D eigenvalue weighted by Crippen LogP contribution is -2.41. The van der Waals surface area contributed by atoms with E-state index in [0.29, 0.717) is 36.7 Å². The van der Waals surface area contributed by atoms with Crippen molar-refractivity contribution in [2.24, 2.45) is 5.92 Å². The minimum atomic E-state index is -0.177. The van der Waals surface area contributed by atoms with Gasteiger partial charge in [0.2, 0.25) is 6.41 Å². The van der Waals surface area contributed by atoms with Crippen LogP contribution in [-0.2, 0) is 32.6 Å². The number of anilines is 1. The summed E-state index contributed by atoms with van der Waals surface area (Å²) in [6.07, 6.45) is 12.2. The van der Waals surface area contributed by atoms with Crippen LogP contribution in [0.1, 0.15) is 73.6 Å². The van der Waals surface area contributed by atoms with E-state index in [9.17, 15) is 19.8 Å². The number of aromatic hydroxyl groups is 2. The summed E-state index contributed by atoms with van der Waals surface area (Å²) < 4.78 is 11.5. The largest absolute Gasteiger partial charge is 0.508 e. The van der Waals surface area contributed by atoms with Crippen LogP contribution in [0.3, 0.4) is 0 Å². The number of amides is 1. The standard InChI is InChI=1S/C35H47N3O5.C7H13NO/c1-36-33-32(41)13-11-28(34(33)43-25-22-39)14-19-37-18-6-7-23-42-24-15-27-10-12-31(40)30(26-27)35(16-20-38(2)21-17-35)29-8-4-3-5-9-29;9-6-8-5-1-2-7-3-4-7/h3-5,8-13,22,26,36-37,40-41H,6-7,14-21,23-25H2,1-2H3;6-7H,1-5H2,(H,8,9). The smallest absolute Gasteiger partial charge is 0.207 e. The molecule has 0 atom stereocenters. The minimum absolute atomic E-state index is 0.0568. The van der Waals surface area contributed by atoms with E-state index in [1.807, 2.05) is 18.2 Å². The number of ether oxygens (including phenoxy) is 2. The van der Waals surface area contributed by atoms with Gasteiger partial charge in [0.05, 0.1) is 6.61 Å². The number of piperidine rings is 1. The van der Waals surface area contributed by atoms with Gasteiger partial charge in [-0.25, -0.2) is 0 Å². The molecule has 3 aromatic rings. The molecular formula is C42H60N4O6. The van der Waals surface area contributed by atoms with Crippen LogP contribution < -0.4 is 20.7 Å². The van der Waals surface area contributed by atoms with Crippen molar-refractivity contribution in [3.63, 3.8) is 0 Å². The third-order valence-corrected chi connectivity index (χ3v) is 10.2. The third-order valence-electron chi connectivity index (χ3n) is 10.2. The molecule has 5 N–H and O–H groups in total. The lowest BCUT2D eigenvalue weighted by molar-refractivity contribution is -0.110. The number of phenolic OH excluding ortho intramolecular Hbond substituents is 2. The molecule has 10 heteroatoms. The molecule has 1 aliphatic carbocycles. The Morgan fingerprint density at radius 2 is 1.65 bits per heavy atom. The number of hydrogen-bond acceptors (Lipinski definition) is 9. The molecule has 10 nitrogen and oxygen atoms in total. The highest BCUT2D eigenvalue weighted by atomic mass is 16.5. The summed E-state index contributed by atoms with van der Waals surface area (Å²) in [6, 6.07) is 20.2. The molecule has 0 radical (unpaired) electrons. The SMILES string of the molecule is CNc1c(O)ccc(CCNCCCCOCCc2ccc(O)c(C3(c4ccccc4)CCN(C)CC3)c2)c1OCC=O.O=CNCCCC1CC1. The molecule has 52 heavy (non-hydrogen) atoms. The molecule has 1 saturated carbocycles. The maximum Gasteiger partial charge on any atom is 0.207 e. The first kappa shape index (κ1) is 40.6. The van der Waals surface area contributed by atoms with Gasteiger partial charge in [0.1, 0.15) is 29.5 Å². The predicted octanol–water partition coefficient (Wildman–Crippen LogP) is 5.82. The molecule has 1 aliphatic heterocycles. The molecule has 0 aromatic heterocycles. The van der Waals surface area contributed by atoms with Crippen LogP contribution in [0.25, 0.3) is 0 Å². The maximum absolute atomic E-state index is 11.0. The van der Waals surface area contributed by atoms with E-state index in [4.69, 9.17) is 9.47 Å². The zero-order valence-electron chi connectivity index (χ0n) is 31.2. The molecule has 1 amide bonds. The summed E-state index contributed by atoms with van der Waals surface area (Å²) >= 11 is 0. The van der Waals surface area contributed by atoms with Gasteiger partial charge in [0.15, 0.2) is 6.29 Å². The zero-order chi connectivity index (χ0) is 37.0. The van der Waals surface area contributed by atoms with Gasteiger partial charge in [-0.1, -0.05) is 61.4 Å². The van der Waals surface area contributed by atoms with E-state index in [1.165, 1.54) is 30.4 Å². The first-order valence-corrected chi connectivity index (χ1v) is 19.0. The van der Waals surface area contributed by atoms with E-state index >= 15 is 0 Å². The molecule has 284 valence electrons. The summed E-state index contributed by atoms with van der Waals surface area (Å²) in [7, 11) is 3.88. The second kappa shape index (κ2) is 22.1. The lowest BCUT2D eigenvalue weighted by Gasteiger charge is -2.42. The minimum Gasteiger partial charge on any atom is -0.508 e. The van der Waals surface area contributed by atoms with Crippen molar-refractivity contribution >= 4 is 18.4 Å². The Balaban J connectivity index is 0.000000585. The molecule has 5 rings (SSSR count). The van der Waals surface area contributed by atoms with Crippen molar-refractivity contribution in [2.75, 3.05) is 72.0 Å². The highest BCUT2D eigenvalue weighted by Gasteiger charge is 2.39. The summed E-state index contributed by atoms with van der Waals surface area (Å²) in [5.41, 5.74) is 4.75. The highest BCUT2D eigenvalue weighted by Crippen LogP contribution is 2.45. The number of phenols is 2. The topological polar surface area (TPSA) is 132 Å². The van der Waals surface area contributed by atoms with E-state index < -0.39 is 0 Å². The van der Waals surface area contributed by atoms with Crippen molar-refractivity contribution < 1.29 is 29.3 Å². The highest BCUT2D eigenvalue weighted by molar-refractivity contribution is 5.69. The Bertz CT molecular complexity index is 1490. The van der Waals surface area contributed by atoms with Crippen molar-refractivity contribution in [3.8, 4) is 17.2 Å². The van der Waals surface area contributed by atoms with Gasteiger partial charge in [0, 0.05) is 31.2 Å². The van der Waals surface area contributed by atoms with E-state index in [-0.39, 0.29) is 17.8 Å². The number of carbonyl (C=O) groups is 2. The normalized spacial score (nSPS) is 15.3. The number of nitrogens with zero attached hydrogens (tertiary/aromatic N) is 1. The van der Waals surface area contributed by atoms with Crippen molar-refractivity contribution in [2.45, 2.75) is 69.6 Å².